The summed E-state index contributed by atoms with van der Waals surface area (Å²) in [6.07, 6.45) is 0.688. The molecule has 0 bridgehead atoms. The summed E-state index contributed by atoms with van der Waals surface area (Å²) in [5, 5.41) is 21.0. The fraction of sp³-hybridized carbons (Fsp3) is 0.385. The number of hydrogen-bond donors (Lipinski definition) is 2. The number of amides is 1. The van der Waals surface area contributed by atoms with E-state index < -0.39 is 17.7 Å². The van der Waals surface area contributed by atoms with Crippen LogP contribution in [0.15, 0.2) is 48.0 Å². The second-order valence-corrected chi connectivity index (χ2v) is 8.32. The van der Waals surface area contributed by atoms with Crippen LogP contribution in [-0.2, 0) is 9.59 Å². The highest BCUT2D eigenvalue weighted by Gasteiger charge is 2.45. The summed E-state index contributed by atoms with van der Waals surface area (Å²) < 4.78 is 11.2. The molecule has 1 fully saturated rings. The smallest absolute Gasteiger partial charge is 0.295 e. The summed E-state index contributed by atoms with van der Waals surface area (Å²) in [6, 6.07) is 10.5. The number of ketones is 1. The van der Waals surface area contributed by atoms with Gasteiger partial charge in [0.25, 0.3) is 11.7 Å². The number of benzene rings is 2. The summed E-state index contributed by atoms with van der Waals surface area (Å²) in [5.74, 6) is -0.515. The maximum absolute atomic E-state index is 13.2. The number of carbonyl (C=O) groups excluding carboxylic acids is 2. The van der Waals surface area contributed by atoms with E-state index in [0.717, 1.165) is 19.6 Å². The molecule has 1 amide bonds. The van der Waals surface area contributed by atoms with Crippen LogP contribution in [0, 0.1) is 0 Å². The highest BCUT2D eigenvalue weighted by molar-refractivity contribution is 6.46. The predicted octanol–water partition coefficient (Wildman–Crippen LogP) is 3.32. The van der Waals surface area contributed by atoms with E-state index in [1.165, 1.54) is 17.0 Å². The van der Waals surface area contributed by atoms with Crippen LogP contribution in [-0.4, -0.2) is 71.1 Å². The first-order chi connectivity index (χ1) is 16.4. The molecule has 2 heterocycles. The number of nitrogens with zero attached hydrogens (tertiary/aromatic N) is 2. The van der Waals surface area contributed by atoms with Crippen LogP contribution >= 0.6 is 0 Å². The van der Waals surface area contributed by atoms with Crippen molar-refractivity contribution in [3.8, 4) is 17.2 Å². The van der Waals surface area contributed by atoms with Crippen molar-refractivity contribution in [2.24, 2.45) is 0 Å². The van der Waals surface area contributed by atoms with Crippen molar-refractivity contribution in [1.82, 2.24) is 9.80 Å². The Kier molecular flexibility index (Phi) is 7.07. The molecule has 2 aliphatic heterocycles. The highest BCUT2D eigenvalue weighted by Crippen LogP contribution is 2.41. The van der Waals surface area contributed by atoms with Gasteiger partial charge < -0.3 is 29.5 Å². The number of aliphatic hydroxyl groups excluding tert-OH is 1. The van der Waals surface area contributed by atoms with Crippen LogP contribution < -0.4 is 9.47 Å². The first-order valence-corrected chi connectivity index (χ1v) is 11.6. The van der Waals surface area contributed by atoms with Crippen molar-refractivity contribution in [3.63, 3.8) is 0 Å². The Morgan fingerprint density at radius 1 is 1.03 bits per heavy atom. The van der Waals surface area contributed by atoms with Gasteiger partial charge in [0.15, 0.2) is 11.5 Å². The molecule has 0 unspecified atom stereocenters. The Labute approximate surface area is 199 Å². The van der Waals surface area contributed by atoms with E-state index in [4.69, 9.17) is 9.47 Å². The molecule has 0 radical (unpaired) electrons. The quantitative estimate of drug-likeness (QED) is 0.350. The lowest BCUT2D eigenvalue weighted by Crippen LogP contribution is -2.33. The number of phenolic OH excluding ortho intramolecular Hbond substituents is 1. The van der Waals surface area contributed by atoms with E-state index in [9.17, 15) is 19.8 Å². The van der Waals surface area contributed by atoms with Crippen LogP contribution in [0.3, 0.4) is 0 Å². The third-order valence-electron chi connectivity index (χ3n) is 6.33. The zero-order chi connectivity index (χ0) is 24.2. The number of phenols is 1. The van der Waals surface area contributed by atoms with E-state index in [0.29, 0.717) is 48.8 Å². The maximum atomic E-state index is 13.2. The molecule has 0 spiro atoms. The average molecular weight is 467 g/mol. The van der Waals surface area contributed by atoms with Gasteiger partial charge in [-0.3, -0.25) is 9.59 Å². The largest absolute Gasteiger partial charge is 0.508 e. The molecule has 0 aliphatic carbocycles. The molecule has 4 rings (SSSR count). The Morgan fingerprint density at radius 3 is 2.38 bits per heavy atom. The van der Waals surface area contributed by atoms with E-state index in [1.54, 1.807) is 30.3 Å². The fourth-order valence-electron chi connectivity index (χ4n) is 4.46. The van der Waals surface area contributed by atoms with Crippen LogP contribution in [0.1, 0.15) is 37.4 Å². The number of carbonyl (C=O) groups is 2. The third-order valence-corrected chi connectivity index (χ3v) is 6.33. The minimum atomic E-state index is -0.759. The number of fused-ring (bicyclic) bond motifs is 1. The molecule has 0 saturated carbocycles. The molecule has 1 saturated heterocycles. The molecule has 34 heavy (non-hydrogen) atoms. The lowest BCUT2D eigenvalue weighted by Gasteiger charge is -2.27. The van der Waals surface area contributed by atoms with Gasteiger partial charge >= 0.3 is 0 Å². The maximum Gasteiger partial charge on any atom is 0.295 e. The monoisotopic (exact) mass is 466 g/mol. The number of Topliss-reactive ketones (excluding diaryl/α,β-unsaturated/α-hetero) is 1. The number of ether oxygens (including phenoxy) is 2. The molecule has 180 valence electrons. The van der Waals surface area contributed by atoms with Gasteiger partial charge in [0.05, 0.1) is 11.6 Å². The van der Waals surface area contributed by atoms with E-state index >= 15 is 0 Å². The summed E-state index contributed by atoms with van der Waals surface area (Å²) in [7, 11) is 0. The summed E-state index contributed by atoms with van der Waals surface area (Å²) in [4.78, 5) is 30.0. The number of aromatic hydroxyl groups is 1. The van der Waals surface area contributed by atoms with Crippen molar-refractivity contribution in [1.29, 1.82) is 0 Å². The summed E-state index contributed by atoms with van der Waals surface area (Å²) in [5.41, 5.74) is 1.03. The van der Waals surface area contributed by atoms with Gasteiger partial charge in [0.2, 0.25) is 0 Å². The van der Waals surface area contributed by atoms with Gasteiger partial charge in [-0.15, -0.1) is 0 Å². The van der Waals surface area contributed by atoms with Gasteiger partial charge in [-0.2, -0.15) is 0 Å². The van der Waals surface area contributed by atoms with Crippen molar-refractivity contribution in [3.05, 3.63) is 59.2 Å². The molecule has 0 aromatic heterocycles. The lowest BCUT2D eigenvalue weighted by molar-refractivity contribution is -0.140. The molecule has 2 aliphatic rings. The van der Waals surface area contributed by atoms with E-state index in [-0.39, 0.29) is 17.1 Å². The Morgan fingerprint density at radius 2 is 1.71 bits per heavy atom. The van der Waals surface area contributed by atoms with Gasteiger partial charge in [-0.1, -0.05) is 26.0 Å². The topological polar surface area (TPSA) is 99.5 Å². The molecule has 2 N–H and O–H groups in total. The zero-order valence-electron chi connectivity index (χ0n) is 19.5. The Hall–Kier alpha value is -3.52. The fourth-order valence-corrected chi connectivity index (χ4v) is 4.46. The number of likely N-dealkylation sites (tertiary alicyclic amines) is 1. The number of rotatable bonds is 8. The van der Waals surface area contributed by atoms with Crippen molar-refractivity contribution in [2.75, 3.05) is 39.4 Å². The average Bonchev–Trinajstić information content (AvgIpc) is 3.11. The molecule has 8 heteroatoms. The first kappa shape index (κ1) is 23.6. The van der Waals surface area contributed by atoms with Gasteiger partial charge in [0.1, 0.15) is 24.7 Å². The third kappa shape index (κ3) is 4.59. The minimum Gasteiger partial charge on any atom is -0.508 e. The first-order valence-electron chi connectivity index (χ1n) is 11.6. The van der Waals surface area contributed by atoms with Crippen LogP contribution in [0.5, 0.6) is 17.2 Å². The zero-order valence-corrected chi connectivity index (χ0v) is 19.5. The van der Waals surface area contributed by atoms with Crippen LogP contribution in [0.25, 0.3) is 5.76 Å². The van der Waals surface area contributed by atoms with Gasteiger partial charge in [-0.05, 0) is 62.0 Å². The second kappa shape index (κ2) is 10.2. The number of aliphatic hydroxyl groups is 1. The molecule has 8 nitrogen and oxygen atoms in total. The highest BCUT2D eigenvalue weighted by atomic mass is 16.6. The Bertz CT molecular complexity index is 1090. The SMILES string of the molecule is CCN(CC)CCCN1C(=O)C(=O)C(=C(O)c2ccc3c(c2)OCCO3)[C@H]1c1ccc(O)cc1. The van der Waals surface area contributed by atoms with Crippen molar-refractivity contribution in [2.45, 2.75) is 26.3 Å². The molecule has 2 aromatic rings. The summed E-state index contributed by atoms with van der Waals surface area (Å²) >= 11 is 0. The second-order valence-electron chi connectivity index (χ2n) is 8.32. The van der Waals surface area contributed by atoms with Crippen LogP contribution in [0.4, 0.5) is 0 Å². The Balaban J connectivity index is 1.72. The lowest BCUT2D eigenvalue weighted by atomic mass is 9.95. The minimum absolute atomic E-state index is 0.0233. The van der Waals surface area contributed by atoms with E-state index in [1.807, 2.05) is 0 Å². The molecule has 2 aromatic carbocycles. The van der Waals surface area contributed by atoms with Gasteiger partial charge in [-0.25, -0.2) is 0 Å². The molecule has 1 atom stereocenters. The van der Waals surface area contributed by atoms with E-state index in [2.05, 4.69) is 18.7 Å². The standard InChI is InChI=1S/C26H30N2O6/c1-3-27(4-2)12-5-13-28-23(17-6-9-19(29)10-7-17)22(25(31)26(28)32)24(30)18-8-11-20-21(16-18)34-15-14-33-20/h6-11,16,23,29-30H,3-5,12-15H2,1-2H3/t23-/m1/s1. The summed E-state index contributed by atoms with van der Waals surface area (Å²) in [6.45, 7) is 7.96. The predicted molar refractivity (Wildman–Crippen MR) is 127 cm³/mol. The van der Waals surface area contributed by atoms with Gasteiger partial charge in [0, 0.05) is 12.1 Å². The normalized spacial score (nSPS) is 19.1. The molecular formula is C26H30N2O6. The van der Waals surface area contributed by atoms with Crippen LogP contribution in [0.2, 0.25) is 0 Å². The molecular weight excluding hydrogens is 436 g/mol. The van der Waals surface area contributed by atoms with Crippen molar-refractivity contribution >= 4 is 17.4 Å². The number of hydrogen-bond acceptors (Lipinski definition) is 7. The van der Waals surface area contributed by atoms with Crippen molar-refractivity contribution < 1.29 is 29.3 Å².